The third-order valence-electron chi connectivity index (χ3n) is 4.80. The van der Waals surface area contributed by atoms with Crippen LogP contribution in [0.5, 0.6) is 17.2 Å². The molecule has 1 amide bonds. The Morgan fingerprint density at radius 1 is 1.11 bits per heavy atom. The largest absolute Gasteiger partial charge is 0.493 e. The van der Waals surface area contributed by atoms with Crippen LogP contribution >= 0.6 is 0 Å². The molecule has 0 spiro atoms. The second-order valence-electron chi connectivity index (χ2n) is 6.71. The van der Waals surface area contributed by atoms with Gasteiger partial charge in [-0.05, 0) is 30.5 Å². The van der Waals surface area contributed by atoms with Crippen molar-refractivity contribution in [3.63, 3.8) is 0 Å². The van der Waals surface area contributed by atoms with Gasteiger partial charge in [-0.2, -0.15) is 17.0 Å². The van der Waals surface area contributed by atoms with Crippen LogP contribution in [0.2, 0.25) is 0 Å². The van der Waals surface area contributed by atoms with Gasteiger partial charge in [0.2, 0.25) is 11.7 Å². The smallest absolute Gasteiger partial charge is 0.281 e. The number of nitrogens with zero attached hydrogens (tertiary/aromatic N) is 2. The lowest BCUT2D eigenvalue weighted by Gasteiger charge is -2.32. The maximum absolute atomic E-state index is 12.5. The van der Waals surface area contributed by atoms with Crippen LogP contribution in [0.15, 0.2) is 12.1 Å². The van der Waals surface area contributed by atoms with Crippen molar-refractivity contribution in [2.45, 2.75) is 19.4 Å². The molecule has 0 aromatic heterocycles. The zero-order valence-electron chi connectivity index (χ0n) is 17.0. The molecule has 1 saturated heterocycles. The Bertz CT molecular complexity index is 764. The van der Waals surface area contributed by atoms with Gasteiger partial charge < -0.3 is 19.5 Å². The van der Waals surface area contributed by atoms with E-state index in [2.05, 4.69) is 5.32 Å². The van der Waals surface area contributed by atoms with Gasteiger partial charge in [0.15, 0.2) is 11.5 Å². The molecule has 1 aromatic rings. The molecule has 158 valence electrons. The number of hydrogen-bond donors (Lipinski definition) is 1. The second-order valence-corrected chi connectivity index (χ2v) is 8.86. The van der Waals surface area contributed by atoms with Crippen LogP contribution in [0.25, 0.3) is 0 Å². The molecule has 0 atom stereocenters. The zero-order valence-corrected chi connectivity index (χ0v) is 17.8. The van der Waals surface area contributed by atoms with Gasteiger partial charge in [0, 0.05) is 39.6 Å². The summed E-state index contributed by atoms with van der Waals surface area (Å²) in [6.45, 7) is 0.983. The van der Waals surface area contributed by atoms with Crippen LogP contribution in [0.3, 0.4) is 0 Å². The molecule has 1 aliphatic heterocycles. The highest BCUT2D eigenvalue weighted by molar-refractivity contribution is 7.86. The van der Waals surface area contributed by atoms with E-state index in [0.717, 1.165) is 5.56 Å². The van der Waals surface area contributed by atoms with Crippen molar-refractivity contribution in [3.8, 4) is 17.2 Å². The SMILES string of the molecule is COc1cc(CNC(=O)C2CCN(S(=O)(=O)N(C)C)CC2)cc(OC)c1OC. The van der Waals surface area contributed by atoms with Crippen LogP contribution in [0.1, 0.15) is 18.4 Å². The molecular weight excluding hydrogens is 386 g/mol. The average Bonchev–Trinajstić information content (AvgIpc) is 2.70. The zero-order chi connectivity index (χ0) is 20.9. The molecule has 28 heavy (non-hydrogen) atoms. The predicted molar refractivity (Wildman–Crippen MR) is 105 cm³/mol. The summed E-state index contributed by atoms with van der Waals surface area (Å²) in [5.41, 5.74) is 0.815. The van der Waals surface area contributed by atoms with Crippen LogP contribution in [-0.4, -0.2) is 71.4 Å². The Balaban J connectivity index is 1.97. The topological polar surface area (TPSA) is 97.4 Å². The van der Waals surface area contributed by atoms with Gasteiger partial charge in [-0.1, -0.05) is 0 Å². The molecule has 0 radical (unpaired) electrons. The molecule has 1 heterocycles. The van der Waals surface area contributed by atoms with E-state index in [1.165, 1.54) is 44.0 Å². The minimum atomic E-state index is -3.43. The Morgan fingerprint density at radius 3 is 2.07 bits per heavy atom. The van der Waals surface area contributed by atoms with E-state index < -0.39 is 10.2 Å². The van der Waals surface area contributed by atoms with Gasteiger partial charge in [-0.3, -0.25) is 4.79 Å². The minimum absolute atomic E-state index is 0.0874. The van der Waals surface area contributed by atoms with Crippen LogP contribution in [0, 0.1) is 5.92 Å². The van der Waals surface area contributed by atoms with Crippen molar-refractivity contribution >= 4 is 16.1 Å². The van der Waals surface area contributed by atoms with Crippen molar-refractivity contribution in [2.24, 2.45) is 5.92 Å². The Labute approximate surface area is 166 Å². The van der Waals surface area contributed by atoms with Crippen LogP contribution in [0.4, 0.5) is 0 Å². The first-order valence-electron chi connectivity index (χ1n) is 8.98. The van der Waals surface area contributed by atoms with E-state index >= 15 is 0 Å². The summed E-state index contributed by atoms with van der Waals surface area (Å²) < 4.78 is 42.9. The lowest BCUT2D eigenvalue weighted by Crippen LogP contribution is -2.46. The van der Waals surface area contributed by atoms with Crippen LogP contribution in [-0.2, 0) is 21.5 Å². The number of ether oxygens (including phenoxy) is 3. The van der Waals surface area contributed by atoms with Gasteiger partial charge in [-0.15, -0.1) is 0 Å². The van der Waals surface area contributed by atoms with E-state index in [1.54, 1.807) is 12.1 Å². The van der Waals surface area contributed by atoms with E-state index in [-0.39, 0.29) is 11.8 Å². The van der Waals surface area contributed by atoms with Crippen LogP contribution < -0.4 is 19.5 Å². The lowest BCUT2D eigenvalue weighted by molar-refractivity contribution is -0.126. The fourth-order valence-electron chi connectivity index (χ4n) is 3.15. The van der Waals surface area contributed by atoms with Gasteiger partial charge in [0.05, 0.1) is 21.3 Å². The molecule has 1 fully saturated rings. The average molecular weight is 416 g/mol. The third-order valence-corrected chi connectivity index (χ3v) is 6.74. The minimum Gasteiger partial charge on any atom is -0.493 e. The second kappa shape index (κ2) is 9.44. The third kappa shape index (κ3) is 4.86. The highest BCUT2D eigenvalue weighted by Gasteiger charge is 2.32. The molecule has 2 rings (SSSR count). The lowest BCUT2D eigenvalue weighted by atomic mass is 9.97. The quantitative estimate of drug-likeness (QED) is 0.676. The number of hydrogen-bond acceptors (Lipinski definition) is 6. The first-order valence-corrected chi connectivity index (χ1v) is 10.4. The number of nitrogens with one attached hydrogen (secondary N) is 1. The molecule has 0 unspecified atom stereocenters. The first kappa shape index (κ1) is 22.3. The number of rotatable bonds is 8. The summed E-state index contributed by atoms with van der Waals surface area (Å²) in [4.78, 5) is 12.5. The molecule has 1 N–H and O–H groups in total. The Kier molecular flexibility index (Phi) is 7.50. The summed E-state index contributed by atoms with van der Waals surface area (Å²) in [6.07, 6.45) is 0.988. The van der Waals surface area contributed by atoms with Crippen molar-refractivity contribution < 1.29 is 27.4 Å². The highest BCUT2D eigenvalue weighted by atomic mass is 32.2. The fraction of sp³-hybridized carbons (Fsp3) is 0.611. The number of carbonyl (C=O) groups excluding carboxylic acids is 1. The number of piperidine rings is 1. The number of methoxy groups -OCH3 is 3. The van der Waals surface area contributed by atoms with E-state index in [0.29, 0.717) is 49.7 Å². The van der Waals surface area contributed by atoms with Gasteiger partial charge in [0.25, 0.3) is 10.2 Å². The fourth-order valence-corrected chi connectivity index (χ4v) is 4.28. The normalized spacial score (nSPS) is 16.1. The number of amides is 1. The molecule has 0 aliphatic carbocycles. The number of benzene rings is 1. The van der Waals surface area contributed by atoms with Crippen molar-refractivity contribution in [2.75, 3.05) is 48.5 Å². The molecule has 0 saturated carbocycles. The van der Waals surface area contributed by atoms with E-state index in [1.807, 2.05) is 0 Å². The highest BCUT2D eigenvalue weighted by Crippen LogP contribution is 2.38. The molecule has 10 heteroatoms. The summed E-state index contributed by atoms with van der Waals surface area (Å²) >= 11 is 0. The van der Waals surface area contributed by atoms with E-state index in [4.69, 9.17) is 14.2 Å². The molecule has 1 aromatic carbocycles. The molecule has 9 nitrogen and oxygen atoms in total. The van der Waals surface area contributed by atoms with E-state index in [9.17, 15) is 13.2 Å². The summed E-state index contributed by atoms with van der Waals surface area (Å²) in [6, 6.07) is 3.57. The van der Waals surface area contributed by atoms with Crippen molar-refractivity contribution in [1.82, 2.24) is 13.9 Å². The molecular formula is C18H29N3O6S. The summed E-state index contributed by atoms with van der Waals surface area (Å²) in [5.74, 6) is 1.24. The standard InChI is InChI=1S/C18H29N3O6S/c1-20(2)28(23,24)21-8-6-14(7-9-21)18(22)19-12-13-10-15(25-3)17(27-5)16(11-13)26-4/h10-11,14H,6-9,12H2,1-5H3,(H,19,22). The summed E-state index contributed by atoms with van der Waals surface area (Å²) in [7, 11) is 4.19. The van der Waals surface area contributed by atoms with Crippen molar-refractivity contribution in [1.29, 1.82) is 0 Å². The monoisotopic (exact) mass is 415 g/mol. The molecule has 1 aliphatic rings. The van der Waals surface area contributed by atoms with Gasteiger partial charge >= 0.3 is 0 Å². The Hall–Kier alpha value is -2.04. The van der Waals surface area contributed by atoms with Gasteiger partial charge in [-0.25, -0.2) is 0 Å². The maximum Gasteiger partial charge on any atom is 0.281 e. The summed E-state index contributed by atoms with van der Waals surface area (Å²) in [5, 5.41) is 2.92. The predicted octanol–water partition coefficient (Wildman–Crippen LogP) is 0.847. The Morgan fingerprint density at radius 2 is 1.64 bits per heavy atom. The first-order chi connectivity index (χ1) is 13.2. The van der Waals surface area contributed by atoms with Gasteiger partial charge in [0.1, 0.15) is 0 Å². The number of carbonyl (C=O) groups is 1. The molecule has 0 bridgehead atoms. The maximum atomic E-state index is 12.5. The van der Waals surface area contributed by atoms with Crippen molar-refractivity contribution in [3.05, 3.63) is 17.7 Å².